The number of aliphatic hydroxyl groups is 1. The van der Waals surface area contributed by atoms with Gasteiger partial charge in [0, 0.05) is 6.42 Å². The van der Waals surface area contributed by atoms with Crippen LogP contribution in [0.25, 0.3) is 11.0 Å². The number of nitrogens with zero attached hydrogens (tertiary/aromatic N) is 2. The van der Waals surface area contributed by atoms with Crippen LogP contribution in [0, 0.1) is 6.92 Å². The number of hydrogen-bond donors (Lipinski definition) is 1. The zero-order valence-electron chi connectivity index (χ0n) is 16.0. The Bertz CT molecular complexity index is 1060. The number of aryl methyl sites for hydroxylation is 1. The Morgan fingerprint density at radius 3 is 2.57 bits per heavy atom. The summed E-state index contributed by atoms with van der Waals surface area (Å²) in [6, 6.07) is 26.2. The van der Waals surface area contributed by atoms with E-state index in [-0.39, 0.29) is 6.61 Å². The third-order valence-electron chi connectivity index (χ3n) is 4.76. The van der Waals surface area contributed by atoms with Crippen LogP contribution >= 0.6 is 0 Å². The molecule has 0 amide bonds. The highest BCUT2D eigenvalue weighted by Gasteiger charge is 2.15. The summed E-state index contributed by atoms with van der Waals surface area (Å²) in [5.41, 5.74) is 4.31. The van der Waals surface area contributed by atoms with E-state index in [2.05, 4.69) is 16.7 Å². The molecule has 142 valence electrons. The first-order valence-electron chi connectivity index (χ1n) is 9.54. The van der Waals surface area contributed by atoms with Crippen molar-refractivity contribution >= 4 is 11.0 Å². The van der Waals surface area contributed by atoms with Crippen LogP contribution in [0.3, 0.4) is 0 Å². The summed E-state index contributed by atoms with van der Waals surface area (Å²) in [5, 5.41) is 10.6. The number of hydrogen-bond acceptors (Lipinski definition) is 3. The summed E-state index contributed by atoms with van der Waals surface area (Å²) >= 11 is 0. The Hall–Kier alpha value is -3.11. The highest BCUT2D eigenvalue weighted by molar-refractivity contribution is 5.76. The van der Waals surface area contributed by atoms with Gasteiger partial charge in [-0.3, -0.25) is 0 Å². The molecule has 1 N–H and O–H groups in total. The normalized spacial score (nSPS) is 12.2. The third-order valence-corrected chi connectivity index (χ3v) is 4.76. The lowest BCUT2D eigenvalue weighted by atomic mass is 10.1. The fourth-order valence-corrected chi connectivity index (χ4v) is 3.40. The number of benzene rings is 3. The Balaban J connectivity index is 1.53. The second kappa shape index (κ2) is 8.28. The lowest BCUT2D eigenvalue weighted by molar-refractivity contribution is 0.0928. The van der Waals surface area contributed by atoms with E-state index in [0.29, 0.717) is 6.54 Å². The number of aliphatic hydroxyl groups excluding tert-OH is 1. The van der Waals surface area contributed by atoms with Crippen molar-refractivity contribution in [2.24, 2.45) is 0 Å². The van der Waals surface area contributed by atoms with Gasteiger partial charge in [0.2, 0.25) is 0 Å². The molecular formula is C24H24N2O2. The Labute approximate surface area is 165 Å². The molecule has 1 heterocycles. The maximum atomic E-state index is 10.6. The van der Waals surface area contributed by atoms with Crippen LogP contribution in [0.5, 0.6) is 5.75 Å². The number of rotatable bonds is 7. The van der Waals surface area contributed by atoms with Crippen LogP contribution in [0.1, 0.15) is 17.0 Å². The first-order valence-corrected chi connectivity index (χ1v) is 9.54. The second-order valence-corrected chi connectivity index (χ2v) is 7.07. The molecule has 0 fully saturated rings. The van der Waals surface area contributed by atoms with Gasteiger partial charge in [0.25, 0.3) is 0 Å². The van der Waals surface area contributed by atoms with Crippen molar-refractivity contribution < 1.29 is 9.84 Å². The predicted molar refractivity (Wildman–Crippen MR) is 112 cm³/mol. The molecule has 0 aliphatic carbocycles. The van der Waals surface area contributed by atoms with Gasteiger partial charge in [-0.25, -0.2) is 4.98 Å². The molecule has 0 bridgehead atoms. The summed E-state index contributed by atoms with van der Waals surface area (Å²) in [6.07, 6.45) is 0.0914. The molecule has 0 unspecified atom stereocenters. The average Bonchev–Trinajstić information content (AvgIpc) is 3.04. The Morgan fingerprint density at radius 1 is 0.964 bits per heavy atom. The monoisotopic (exact) mass is 372 g/mol. The Morgan fingerprint density at radius 2 is 1.75 bits per heavy atom. The predicted octanol–water partition coefficient (Wildman–Crippen LogP) is 4.38. The quantitative estimate of drug-likeness (QED) is 0.524. The van der Waals surface area contributed by atoms with Gasteiger partial charge in [0.05, 0.1) is 17.6 Å². The molecule has 1 aromatic heterocycles. The van der Waals surface area contributed by atoms with E-state index >= 15 is 0 Å². The number of aromatic nitrogens is 2. The molecule has 4 rings (SSSR count). The van der Waals surface area contributed by atoms with Crippen molar-refractivity contribution in [3.8, 4) is 5.75 Å². The molecule has 4 heteroatoms. The summed E-state index contributed by atoms with van der Waals surface area (Å²) < 4.78 is 7.89. The molecular weight excluding hydrogens is 348 g/mol. The lowest BCUT2D eigenvalue weighted by Gasteiger charge is -2.16. The van der Waals surface area contributed by atoms with E-state index < -0.39 is 6.10 Å². The first-order chi connectivity index (χ1) is 13.7. The highest BCUT2D eigenvalue weighted by Crippen LogP contribution is 2.20. The fraction of sp³-hybridized carbons (Fsp3) is 0.208. The standard InChI is InChI=1S/C24H24N2O2/c1-18-8-7-11-21(14-18)28-17-20(27)16-26-23-13-6-5-12-22(23)25-24(26)15-19-9-3-2-4-10-19/h2-14,20,27H,15-17H2,1H3/t20-/m1/s1. The molecule has 0 spiro atoms. The summed E-state index contributed by atoms with van der Waals surface area (Å²) in [5.74, 6) is 1.72. The maximum absolute atomic E-state index is 10.6. The average molecular weight is 372 g/mol. The van der Waals surface area contributed by atoms with Crippen LogP contribution in [0.4, 0.5) is 0 Å². The molecule has 28 heavy (non-hydrogen) atoms. The van der Waals surface area contributed by atoms with Gasteiger partial charge in [0.1, 0.15) is 24.3 Å². The van der Waals surface area contributed by atoms with Crippen LogP contribution in [0.2, 0.25) is 0 Å². The zero-order valence-corrected chi connectivity index (χ0v) is 16.0. The Kier molecular flexibility index (Phi) is 5.40. The molecule has 4 nitrogen and oxygen atoms in total. The summed E-state index contributed by atoms with van der Waals surface area (Å²) in [7, 11) is 0. The van der Waals surface area contributed by atoms with Crippen LogP contribution in [-0.4, -0.2) is 27.4 Å². The minimum Gasteiger partial charge on any atom is -0.491 e. The molecule has 4 aromatic rings. The van der Waals surface area contributed by atoms with Crippen LogP contribution in [0.15, 0.2) is 78.9 Å². The number of imidazole rings is 1. The molecule has 0 aliphatic heterocycles. The fourth-order valence-electron chi connectivity index (χ4n) is 3.40. The third kappa shape index (κ3) is 4.24. The van der Waals surface area contributed by atoms with Gasteiger partial charge in [-0.2, -0.15) is 0 Å². The summed E-state index contributed by atoms with van der Waals surface area (Å²) in [6.45, 7) is 2.70. The maximum Gasteiger partial charge on any atom is 0.119 e. The number of ether oxygens (including phenoxy) is 1. The number of fused-ring (bicyclic) bond motifs is 1. The minimum atomic E-state index is -0.632. The van der Waals surface area contributed by atoms with E-state index in [0.717, 1.165) is 34.6 Å². The van der Waals surface area contributed by atoms with Gasteiger partial charge < -0.3 is 14.4 Å². The minimum absolute atomic E-state index is 0.237. The van der Waals surface area contributed by atoms with Crippen molar-refractivity contribution in [2.45, 2.75) is 26.0 Å². The molecule has 0 radical (unpaired) electrons. The molecule has 0 saturated carbocycles. The van der Waals surface area contributed by atoms with E-state index in [1.165, 1.54) is 5.56 Å². The molecule has 0 saturated heterocycles. The molecule has 1 atom stereocenters. The smallest absolute Gasteiger partial charge is 0.119 e. The molecule has 0 aliphatic rings. The SMILES string of the molecule is Cc1cccc(OC[C@H](O)Cn2c(Cc3ccccc3)nc3ccccc32)c1. The van der Waals surface area contributed by atoms with Crippen molar-refractivity contribution in [1.82, 2.24) is 9.55 Å². The van der Waals surface area contributed by atoms with Gasteiger partial charge in [-0.15, -0.1) is 0 Å². The number of para-hydroxylation sites is 2. The topological polar surface area (TPSA) is 47.3 Å². The van der Waals surface area contributed by atoms with Crippen molar-refractivity contribution in [3.63, 3.8) is 0 Å². The van der Waals surface area contributed by atoms with E-state index in [1.807, 2.05) is 73.7 Å². The van der Waals surface area contributed by atoms with Crippen molar-refractivity contribution in [3.05, 3.63) is 95.8 Å². The van der Waals surface area contributed by atoms with E-state index in [1.54, 1.807) is 0 Å². The van der Waals surface area contributed by atoms with Gasteiger partial charge in [-0.05, 0) is 42.3 Å². The van der Waals surface area contributed by atoms with Crippen LogP contribution < -0.4 is 4.74 Å². The first kappa shape index (κ1) is 18.3. The van der Waals surface area contributed by atoms with Gasteiger partial charge in [0.15, 0.2) is 0 Å². The second-order valence-electron chi connectivity index (χ2n) is 7.07. The van der Waals surface area contributed by atoms with Crippen molar-refractivity contribution in [1.29, 1.82) is 0 Å². The largest absolute Gasteiger partial charge is 0.491 e. The van der Waals surface area contributed by atoms with Gasteiger partial charge in [-0.1, -0.05) is 54.6 Å². The highest BCUT2D eigenvalue weighted by atomic mass is 16.5. The van der Waals surface area contributed by atoms with E-state index in [4.69, 9.17) is 9.72 Å². The van der Waals surface area contributed by atoms with E-state index in [9.17, 15) is 5.11 Å². The lowest BCUT2D eigenvalue weighted by Crippen LogP contribution is -2.24. The van der Waals surface area contributed by atoms with Gasteiger partial charge >= 0.3 is 0 Å². The van der Waals surface area contributed by atoms with Crippen LogP contribution in [-0.2, 0) is 13.0 Å². The van der Waals surface area contributed by atoms with Crippen molar-refractivity contribution in [2.75, 3.05) is 6.61 Å². The molecule has 3 aromatic carbocycles. The zero-order chi connectivity index (χ0) is 19.3. The summed E-state index contributed by atoms with van der Waals surface area (Å²) in [4.78, 5) is 4.80.